The standard InChI is InChI=1S/C53H34O2S2/c54-47-25-21-39(31-41(47)33-11-3-1-4-12-33)53(40-22-26-48(55)42(32-40)34-13-5-2-6-14-34)45-23-19-37(51-29-35-15-7-9-17-49(35)56-51)27-43(45)44-28-38(20-24-46(44)53)52-30-36-16-8-10-18-50(36)57-52/h1-32,54-55H. The van der Waals surface area contributed by atoms with E-state index in [1.54, 1.807) is 0 Å². The zero-order chi connectivity index (χ0) is 38.1. The number of fused-ring (bicyclic) bond motifs is 5. The van der Waals surface area contributed by atoms with Crippen LogP contribution in [-0.4, -0.2) is 10.2 Å². The minimum atomic E-state index is -0.795. The van der Waals surface area contributed by atoms with Crippen molar-refractivity contribution in [3.8, 4) is 65.8 Å². The van der Waals surface area contributed by atoms with E-state index in [-0.39, 0.29) is 11.5 Å². The second-order valence-electron chi connectivity index (χ2n) is 14.8. The smallest absolute Gasteiger partial charge is 0.123 e. The first-order chi connectivity index (χ1) is 28.0. The highest BCUT2D eigenvalue weighted by atomic mass is 32.1. The van der Waals surface area contributed by atoms with Gasteiger partial charge in [-0.1, -0.05) is 133 Å². The maximum absolute atomic E-state index is 11.4. The molecule has 0 saturated carbocycles. The second-order valence-corrected chi connectivity index (χ2v) is 16.9. The number of benzene rings is 8. The number of hydrogen-bond donors (Lipinski definition) is 2. The molecular formula is C53H34O2S2. The summed E-state index contributed by atoms with van der Waals surface area (Å²) in [7, 11) is 0. The summed E-state index contributed by atoms with van der Waals surface area (Å²) in [6.07, 6.45) is 0. The Kier molecular flexibility index (Phi) is 7.78. The first-order valence-corrected chi connectivity index (χ1v) is 20.7. The van der Waals surface area contributed by atoms with Gasteiger partial charge in [0.25, 0.3) is 0 Å². The number of phenolic OH excluding ortho intramolecular Hbond substituents is 2. The van der Waals surface area contributed by atoms with E-state index < -0.39 is 5.41 Å². The summed E-state index contributed by atoms with van der Waals surface area (Å²) in [4.78, 5) is 2.46. The van der Waals surface area contributed by atoms with Crippen LogP contribution in [0.25, 0.3) is 74.4 Å². The first-order valence-electron chi connectivity index (χ1n) is 19.1. The lowest BCUT2D eigenvalue weighted by Crippen LogP contribution is -2.28. The number of hydrogen-bond acceptors (Lipinski definition) is 4. The van der Waals surface area contributed by atoms with Crippen molar-refractivity contribution in [3.05, 3.63) is 216 Å². The van der Waals surface area contributed by atoms with Crippen LogP contribution in [0.1, 0.15) is 22.3 Å². The Morgan fingerprint density at radius 2 is 0.754 bits per heavy atom. The third kappa shape index (κ3) is 5.37. The van der Waals surface area contributed by atoms with E-state index in [1.807, 2.05) is 95.5 Å². The Bertz CT molecular complexity index is 2870. The van der Waals surface area contributed by atoms with Crippen molar-refractivity contribution >= 4 is 42.8 Å². The summed E-state index contributed by atoms with van der Waals surface area (Å²) in [6, 6.07) is 68.1. The summed E-state index contributed by atoms with van der Waals surface area (Å²) < 4.78 is 2.54. The van der Waals surface area contributed by atoms with Gasteiger partial charge < -0.3 is 10.2 Å². The highest BCUT2D eigenvalue weighted by Crippen LogP contribution is 2.59. The van der Waals surface area contributed by atoms with E-state index in [0.29, 0.717) is 0 Å². The molecule has 11 rings (SSSR count). The van der Waals surface area contributed by atoms with Gasteiger partial charge in [-0.25, -0.2) is 0 Å². The molecule has 0 saturated heterocycles. The van der Waals surface area contributed by atoms with Gasteiger partial charge in [0.2, 0.25) is 0 Å². The molecule has 57 heavy (non-hydrogen) atoms. The molecule has 1 aliphatic carbocycles. The number of phenols is 2. The number of aromatic hydroxyl groups is 2. The Morgan fingerprint density at radius 3 is 1.19 bits per heavy atom. The van der Waals surface area contributed by atoms with Crippen molar-refractivity contribution in [3.63, 3.8) is 0 Å². The lowest BCUT2D eigenvalue weighted by atomic mass is 9.66. The Labute approximate surface area is 338 Å². The van der Waals surface area contributed by atoms with Crippen LogP contribution in [0, 0.1) is 0 Å². The molecule has 0 fully saturated rings. The lowest BCUT2D eigenvalue weighted by molar-refractivity contribution is 0.477. The fourth-order valence-corrected chi connectivity index (χ4v) is 11.0. The molecule has 1 aliphatic rings. The van der Waals surface area contributed by atoms with E-state index in [9.17, 15) is 10.2 Å². The average Bonchev–Trinajstić information content (AvgIpc) is 3.98. The van der Waals surface area contributed by atoms with Crippen molar-refractivity contribution < 1.29 is 10.2 Å². The van der Waals surface area contributed by atoms with E-state index in [2.05, 4.69) is 121 Å². The highest BCUT2D eigenvalue weighted by Gasteiger charge is 2.47. The van der Waals surface area contributed by atoms with Crippen LogP contribution < -0.4 is 0 Å². The van der Waals surface area contributed by atoms with E-state index >= 15 is 0 Å². The van der Waals surface area contributed by atoms with E-state index in [0.717, 1.165) is 44.5 Å². The monoisotopic (exact) mass is 766 g/mol. The number of thiophene rings is 2. The maximum atomic E-state index is 11.4. The lowest BCUT2D eigenvalue weighted by Gasteiger charge is -2.35. The zero-order valence-corrected chi connectivity index (χ0v) is 32.3. The zero-order valence-electron chi connectivity index (χ0n) is 30.7. The van der Waals surface area contributed by atoms with Crippen molar-refractivity contribution in [1.82, 2.24) is 0 Å². The van der Waals surface area contributed by atoms with Gasteiger partial charge in [0, 0.05) is 30.3 Å². The van der Waals surface area contributed by atoms with Gasteiger partial charge in [0.1, 0.15) is 11.5 Å². The molecule has 10 aromatic rings. The molecule has 4 heteroatoms. The van der Waals surface area contributed by atoms with Gasteiger partial charge in [0.05, 0.1) is 5.41 Å². The Balaban J connectivity index is 1.23. The van der Waals surface area contributed by atoms with E-state index in [4.69, 9.17) is 0 Å². The number of rotatable bonds is 6. The predicted octanol–water partition coefficient (Wildman–Crippen LogP) is 14.6. The molecule has 2 N–H and O–H groups in total. The average molecular weight is 767 g/mol. The predicted molar refractivity (Wildman–Crippen MR) is 240 cm³/mol. The molecule has 270 valence electrons. The molecule has 2 aromatic heterocycles. The molecule has 8 aromatic carbocycles. The third-order valence-electron chi connectivity index (χ3n) is 11.6. The molecule has 0 spiro atoms. The molecular weight excluding hydrogens is 733 g/mol. The Morgan fingerprint density at radius 1 is 0.333 bits per heavy atom. The van der Waals surface area contributed by atoms with Crippen LogP contribution in [0.3, 0.4) is 0 Å². The highest BCUT2D eigenvalue weighted by molar-refractivity contribution is 7.22. The van der Waals surface area contributed by atoms with Crippen molar-refractivity contribution in [2.75, 3.05) is 0 Å². The second kappa shape index (κ2) is 13.2. The first kappa shape index (κ1) is 33.6. The molecule has 0 amide bonds. The van der Waals surface area contributed by atoms with Gasteiger partial charge >= 0.3 is 0 Å². The van der Waals surface area contributed by atoms with Crippen LogP contribution in [0.4, 0.5) is 0 Å². The SMILES string of the molecule is Oc1ccc(C2(c3ccc(O)c(-c4ccccc4)c3)c3ccc(-c4cc5ccccc5s4)cc3-c3cc(-c4cc5ccccc5s4)ccc32)cc1-c1ccccc1. The molecule has 0 unspecified atom stereocenters. The molecule has 2 heterocycles. The molecule has 0 aliphatic heterocycles. The fraction of sp³-hybridized carbons (Fsp3) is 0.0189. The van der Waals surface area contributed by atoms with Crippen LogP contribution >= 0.6 is 22.7 Å². The molecule has 0 atom stereocenters. The molecule has 2 nitrogen and oxygen atoms in total. The minimum Gasteiger partial charge on any atom is -0.507 e. The summed E-state index contributed by atoms with van der Waals surface area (Å²) in [6.45, 7) is 0. The quantitative estimate of drug-likeness (QED) is 0.177. The Hall–Kier alpha value is -6.72. The fourth-order valence-electron chi connectivity index (χ4n) is 8.91. The summed E-state index contributed by atoms with van der Waals surface area (Å²) >= 11 is 3.64. The largest absolute Gasteiger partial charge is 0.507 e. The summed E-state index contributed by atoms with van der Waals surface area (Å²) in [5.74, 6) is 0.462. The van der Waals surface area contributed by atoms with Gasteiger partial charge in [-0.15, -0.1) is 22.7 Å². The van der Waals surface area contributed by atoms with Crippen molar-refractivity contribution in [2.24, 2.45) is 0 Å². The van der Waals surface area contributed by atoms with Crippen LogP contribution in [0.2, 0.25) is 0 Å². The van der Waals surface area contributed by atoms with Crippen molar-refractivity contribution in [2.45, 2.75) is 5.41 Å². The molecule has 0 bridgehead atoms. The van der Waals surface area contributed by atoms with Gasteiger partial charge in [-0.3, -0.25) is 0 Å². The van der Waals surface area contributed by atoms with Gasteiger partial charge in [0.15, 0.2) is 0 Å². The van der Waals surface area contributed by atoms with Crippen LogP contribution in [0.15, 0.2) is 194 Å². The van der Waals surface area contributed by atoms with Gasteiger partial charge in [-0.2, -0.15) is 0 Å². The normalized spacial score (nSPS) is 12.8. The van der Waals surface area contributed by atoms with Gasteiger partial charge in [-0.05, 0) is 127 Å². The van der Waals surface area contributed by atoms with Crippen molar-refractivity contribution in [1.29, 1.82) is 0 Å². The van der Waals surface area contributed by atoms with Crippen LogP contribution in [0.5, 0.6) is 11.5 Å². The minimum absolute atomic E-state index is 0.231. The maximum Gasteiger partial charge on any atom is 0.123 e. The topological polar surface area (TPSA) is 40.5 Å². The third-order valence-corrected chi connectivity index (χ3v) is 13.9. The molecule has 0 radical (unpaired) electrons. The summed E-state index contributed by atoms with van der Waals surface area (Å²) in [5, 5.41) is 25.3. The summed E-state index contributed by atoms with van der Waals surface area (Å²) in [5.41, 5.74) is 11.7. The van der Waals surface area contributed by atoms with Crippen LogP contribution in [-0.2, 0) is 5.41 Å². The van der Waals surface area contributed by atoms with E-state index in [1.165, 1.54) is 52.2 Å².